The Hall–Kier alpha value is -1.75. The molecule has 0 amide bonds. The van der Waals surface area contributed by atoms with Crippen molar-refractivity contribution in [3.8, 4) is 0 Å². The second kappa shape index (κ2) is 5.54. The molecule has 1 aromatic rings. The van der Waals surface area contributed by atoms with Gasteiger partial charge in [-0.3, -0.25) is 0 Å². The van der Waals surface area contributed by atoms with E-state index in [-0.39, 0.29) is 5.56 Å². The van der Waals surface area contributed by atoms with E-state index < -0.39 is 5.97 Å². The monoisotopic (exact) mass is 238 g/mol. The lowest BCUT2D eigenvalue weighted by atomic mass is 10.1. The minimum absolute atomic E-state index is 0.143. The SMILES string of the molecule is COCCN(C)c1cc(C)c(N)c(C(=O)O)c1. The number of nitrogens with two attached hydrogens (primary N) is 1. The average molecular weight is 238 g/mol. The van der Waals surface area contributed by atoms with Gasteiger partial charge in [0.25, 0.3) is 0 Å². The van der Waals surface area contributed by atoms with Crippen LogP contribution in [0.2, 0.25) is 0 Å². The van der Waals surface area contributed by atoms with E-state index in [1.807, 2.05) is 18.0 Å². The van der Waals surface area contributed by atoms with Gasteiger partial charge in [0, 0.05) is 32.1 Å². The molecule has 0 aliphatic carbocycles. The highest BCUT2D eigenvalue weighted by atomic mass is 16.5. The van der Waals surface area contributed by atoms with Gasteiger partial charge in [-0.25, -0.2) is 4.79 Å². The number of carboxylic acid groups (broad SMARTS) is 1. The number of nitrogens with zero attached hydrogens (tertiary/aromatic N) is 1. The molecule has 17 heavy (non-hydrogen) atoms. The van der Waals surface area contributed by atoms with Crippen LogP contribution in [-0.2, 0) is 4.74 Å². The maximum Gasteiger partial charge on any atom is 0.337 e. The highest BCUT2D eigenvalue weighted by Crippen LogP contribution is 2.24. The first-order valence-corrected chi connectivity index (χ1v) is 5.31. The lowest BCUT2D eigenvalue weighted by Gasteiger charge is -2.20. The van der Waals surface area contributed by atoms with Crippen LogP contribution in [0.1, 0.15) is 15.9 Å². The Bertz CT molecular complexity index is 418. The normalized spacial score (nSPS) is 10.3. The molecule has 0 aromatic heterocycles. The predicted molar refractivity (Wildman–Crippen MR) is 67.7 cm³/mol. The van der Waals surface area contributed by atoms with Crippen molar-refractivity contribution in [3.05, 3.63) is 23.3 Å². The second-order valence-corrected chi connectivity index (χ2v) is 3.94. The van der Waals surface area contributed by atoms with E-state index in [0.717, 1.165) is 11.3 Å². The summed E-state index contributed by atoms with van der Waals surface area (Å²) < 4.78 is 4.98. The van der Waals surface area contributed by atoms with Crippen LogP contribution in [-0.4, -0.2) is 38.4 Å². The molecule has 0 saturated heterocycles. The summed E-state index contributed by atoms with van der Waals surface area (Å²) in [7, 11) is 3.51. The number of aromatic carboxylic acids is 1. The van der Waals surface area contributed by atoms with Gasteiger partial charge in [-0.2, -0.15) is 0 Å². The molecule has 1 rings (SSSR count). The second-order valence-electron chi connectivity index (χ2n) is 3.94. The van der Waals surface area contributed by atoms with E-state index in [1.54, 1.807) is 20.1 Å². The zero-order valence-electron chi connectivity index (χ0n) is 10.4. The van der Waals surface area contributed by atoms with Gasteiger partial charge in [0.15, 0.2) is 0 Å². The van der Waals surface area contributed by atoms with Crippen LogP contribution >= 0.6 is 0 Å². The summed E-state index contributed by atoms with van der Waals surface area (Å²) in [4.78, 5) is 13.0. The summed E-state index contributed by atoms with van der Waals surface area (Å²) >= 11 is 0. The molecule has 0 atom stereocenters. The summed E-state index contributed by atoms with van der Waals surface area (Å²) in [6, 6.07) is 3.46. The van der Waals surface area contributed by atoms with Gasteiger partial charge in [-0.1, -0.05) is 0 Å². The fraction of sp³-hybridized carbons (Fsp3) is 0.417. The molecule has 1 aromatic carbocycles. The van der Waals surface area contributed by atoms with Crippen molar-refractivity contribution in [2.45, 2.75) is 6.92 Å². The fourth-order valence-corrected chi connectivity index (χ4v) is 1.53. The quantitative estimate of drug-likeness (QED) is 0.757. The molecule has 0 unspecified atom stereocenters. The number of methoxy groups -OCH3 is 1. The number of carboxylic acids is 1. The number of carbonyl (C=O) groups is 1. The van der Waals surface area contributed by atoms with Gasteiger partial charge in [-0.05, 0) is 24.6 Å². The van der Waals surface area contributed by atoms with E-state index in [9.17, 15) is 4.79 Å². The Morgan fingerprint density at radius 3 is 2.71 bits per heavy atom. The molecular formula is C12H18N2O3. The van der Waals surface area contributed by atoms with Gasteiger partial charge in [0.05, 0.1) is 12.2 Å². The van der Waals surface area contributed by atoms with Crippen LogP contribution < -0.4 is 10.6 Å². The molecule has 5 heteroatoms. The topological polar surface area (TPSA) is 75.8 Å². The molecule has 0 heterocycles. The Morgan fingerprint density at radius 2 is 2.18 bits per heavy atom. The predicted octanol–water partition coefficient (Wildman–Crippen LogP) is 1.36. The van der Waals surface area contributed by atoms with Gasteiger partial charge >= 0.3 is 5.97 Å². The van der Waals surface area contributed by atoms with Gasteiger partial charge < -0.3 is 20.5 Å². The number of likely N-dealkylation sites (N-methyl/N-ethyl adjacent to an activating group) is 1. The molecule has 0 saturated carbocycles. The highest BCUT2D eigenvalue weighted by Gasteiger charge is 2.13. The number of nitrogen functional groups attached to an aromatic ring is 1. The molecule has 0 spiro atoms. The third-order valence-electron chi connectivity index (χ3n) is 2.67. The van der Waals surface area contributed by atoms with Gasteiger partial charge in [-0.15, -0.1) is 0 Å². The van der Waals surface area contributed by atoms with Crippen molar-refractivity contribution < 1.29 is 14.6 Å². The summed E-state index contributed by atoms with van der Waals surface area (Å²) in [6.07, 6.45) is 0. The van der Waals surface area contributed by atoms with Gasteiger partial charge in [0.1, 0.15) is 0 Å². The van der Waals surface area contributed by atoms with E-state index in [2.05, 4.69) is 0 Å². The average Bonchev–Trinajstić information content (AvgIpc) is 2.28. The van der Waals surface area contributed by atoms with Crippen LogP contribution in [0, 0.1) is 6.92 Å². The molecule has 0 bridgehead atoms. The summed E-state index contributed by atoms with van der Waals surface area (Å²) in [5.74, 6) is -1.01. The molecule has 0 radical (unpaired) electrons. The van der Waals surface area contributed by atoms with E-state index in [4.69, 9.17) is 15.6 Å². The lowest BCUT2D eigenvalue weighted by Crippen LogP contribution is -2.22. The molecule has 0 aliphatic rings. The van der Waals surface area contributed by atoms with E-state index >= 15 is 0 Å². The highest BCUT2D eigenvalue weighted by molar-refractivity contribution is 5.95. The van der Waals surface area contributed by atoms with Crippen molar-refractivity contribution in [2.75, 3.05) is 37.9 Å². The third-order valence-corrected chi connectivity index (χ3v) is 2.67. The van der Waals surface area contributed by atoms with E-state index in [0.29, 0.717) is 18.8 Å². The minimum Gasteiger partial charge on any atom is -0.478 e. The number of anilines is 2. The smallest absolute Gasteiger partial charge is 0.337 e. The first-order valence-electron chi connectivity index (χ1n) is 5.31. The van der Waals surface area contributed by atoms with Crippen LogP contribution in [0.15, 0.2) is 12.1 Å². The molecule has 0 aliphatic heterocycles. The Labute approximate surface area is 101 Å². The molecular weight excluding hydrogens is 220 g/mol. The number of benzene rings is 1. The first kappa shape index (κ1) is 13.3. The Morgan fingerprint density at radius 1 is 1.53 bits per heavy atom. The Balaban J connectivity index is 3.05. The first-order chi connectivity index (χ1) is 7.97. The van der Waals surface area contributed by atoms with Crippen LogP contribution in [0.5, 0.6) is 0 Å². The molecule has 5 nitrogen and oxygen atoms in total. The maximum absolute atomic E-state index is 11.0. The number of rotatable bonds is 5. The zero-order valence-corrected chi connectivity index (χ0v) is 10.4. The van der Waals surface area contributed by atoms with Crippen molar-refractivity contribution in [1.29, 1.82) is 0 Å². The van der Waals surface area contributed by atoms with Crippen LogP contribution in [0.3, 0.4) is 0 Å². The standard InChI is InChI=1S/C12H18N2O3/c1-8-6-9(14(2)4-5-17-3)7-10(11(8)13)12(15)16/h6-7H,4-5,13H2,1-3H3,(H,15,16). The summed E-state index contributed by atoms with van der Waals surface area (Å²) in [5, 5.41) is 9.05. The van der Waals surface area contributed by atoms with Crippen LogP contribution in [0.25, 0.3) is 0 Å². The molecule has 94 valence electrons. The number of hydrogen-bond donors (Lipinski definition) is 2. The molecule has 0 fully saturated rings. The number of aryl methyl sites for hydroxylation is 1. The summed E-state index contributed by atoms with van der Waals surface area (Å²) in [5.41, 5.74) is 7.79. The van der Waals surface area contributed by atoms with Crippen molar-refractivity contribution in [1.82, 2.24) is 0 Å². The Kier molecular flexibility index (Phi) is 4.34. The van der Waals surface area contributed by atoms with Crippen molar-refractivity contribution >= 4 is 17.3 Å². The van der Waals surface area contributed by atoms with Crippen molar-refractivity contribution in [2.24, 2.45) is 0 Å². The van der Waals surface area contributed by atoms with Gasteiger partial charge in [0.2, 0.25) is 0 Å². The lowest BCUT2D eigenvalue weighted by molar-refractivity contribution is 0.0698. The largest absolute Gasteiger partial charge is 0.478 e. The third kappa shape index (κ3) is 3.10. The fourth-order valence-electron chi connectivity index (χ4n) is 1.53. The van der Waals surface area contributed by atoms with Crippen molar-refractivity contribution in [3.63, 3.8) is 0 Å². The molecule has 3 N–H and O–H groups in total. The number of hydrogen-bond acceptors (Lipinski definition) is 4. The number of ether oxygens (including phenoxy) is 1. The minimum atomic E-state index is -1.01. The zero-order chi connectivity index (χ0) is 13.0. The maximum atomic E-state index is 11.0. The van der Waals surface area contributed by atoms with Crippen LogP contribution in [0.4, 0.5) is 11.4 Å². The summed E-state index contributed by atoms with van der Waals surface area (Å²) in [6.45, 7) is 3.08. The van der Waals surface area contributed by atoms with E-state index in [1.165, 1.54) is 0 Å².